The van der Waals surface area contributed by atoms with Gasteiger partial charge in [0.15, 0.2) is 5.82 Å². The third kappa shape index (κ3) is 4.30. The first-order valence-electron chi connectivity index (χ1n) is 8.85. The highest BCUT2D eigenvalue weighted by molar-refractivity contribution is 7.04. The van der Waals surface area contributed by atoms with Gasteiger partial charge in [-0.3, -0.25) is 0 Å². The third-order valence-corrected chi connectivity index (χ3v) is 5.18. The topological polar surface area (TPSA) is 30.2 Å². The van der Waals surface area contributed by atoms with Crippen molar-refractivity contribution >= 4 is 17.2 Å². The van der Waals surface area contributed by atoms with Crippen LogP contribution >= 0.6 is 11.5 Å². The second kappa shape index (κ2) is 7.67. The van der Waals surface area contributed by atoms with E-state index in [4.69, 9.17) is 0 Å². The Morgan fingerprint density at radius 3 is 2.31 bits per heavy atom. The van der Waals surface area contributed by atoms with Crippen LogP contribution in [0.4, 0.5) is 18.9 Å². The molecule has 3 nitrogen and oxygen atoms in total. The van der Waals surface area contributed by atoms with Crippen molar-refractivity contribution in [3.05, 3.63) is 94.8 Å². The minimum atomic E-state index is -4.41. The molecule has 3 aromatic carbocycles. The lowest BCUT2D eigenvalue weighted by Gasteiger charge is -2.06. The largest absolute Gasteiger partial charge is 0.416 e. The van der Waals surface area contributed by atoms with Crippen LogP contribution in [0, 0.1) is 6.92 Å². The van der Waals surface area contributed by atoms with Gasteiger partial charge in [-0.25, -0.2) is 8.95 Å². The molecule has 0 fully saturated rings. The van der Waals surface area contributed by atoms with Gasteiger partial charge in [0.25, 0.3) is 0 Å². The SMILES string of the molecule is Cc1ccc(-c2nc(=Nc3cccc(C(F)(F)F)c3)sn2-c2ccccc2)cc1. The quantitative estimate of drug-likeness (QED) is 0.397. The first kappa shape index (κ1) is 19.1. The zero-order valence-corrected chi connectivity index (χ0v) is 16.2. The number of halogens is 3. The van der Waals surface area contributed by atoms with E-state index in [1.54, 1.807) is 0 Å². The summed E-state index contributed by atoms with van der Waals surface area (Å²) in [5, 5.41) is 0. The minimum absolute atomic E-state index is 0.212. The van der Waals surface area contributed by atoms with E-state index in [0.29, 0.717) is 10.6 Å². The van der Waals surface area contributed by atoms with Gasteiger partial charge < -0.3 is 0 Å². The monoisotopic (exact) mass is 411 g/mol. The number of hydrogen-bond acceptors (Lipinski definition) is 3. The van der Waals surface area contributed by atoms with Crippen molar-refractivity contribution in [1.82, 2.24) is 8.94 Å². The van der Waals surface area contributed by atoms with Crippen LogP contribution in [-0.4, -0.2) is 8.94 Å². The van der Waals surface area contributed by atoms with Crippen molar-refractivity contribution in [1.29, 1.82) is 0 Å². The van der Waals surface area contributed by atoms with Crippen molar-refractivity contribution in [2.45, 2.75) is 13.1 Å². The Balaban J connectivity index is 1.86. The Morgan fingerprint density at radius 2 is 1.62 bits per heavy atom. The van der Waals surface area contributed by atoms with Crippen molar-refractivity contribution in [3.8, 4) is 17.1 Å². The summed E-state index contributed by atoms with van der Waals surface area (Å²) in [6.45, 7) is 2.00. The first-order valence-corrected chi connectivity index (χ1v) is 9.62. The fourth-order valence-corrected chi connectivity index (χ4v) is 3.71. The Morgan fingerprint density at radius 1 is 0.897 bits per heavy atom. The van der Waals surface area contributed by atoms with Gasteiger partial charge in [0.2, 0.25) is 4.80 Å². The minimum Gasteiger partial charge on any atom is -0.246 e. The zero-order chi connectivity index (χ0) is 20.4. The summed E-state index contributed by atoms with van der Waals surface area (Å²) in [7, 11) is 0. The average Bonchev–Trinajstić information content (AvgIpc) is 3.12. The van der Waals surface area contributed by atoms with Gasteiger partial charge in [-0.15, -0.1) is 0 Å². The van der Waals surface area contributed by atoms with E-state index < -0.39 is 11.7 Å². The average molecular weight is 411 g/mol. The van der Waals surface area contributed by atoms with Crippen LogP contribution in [-0.2, 0) is 6.18 Å². The maximum Gasteiger partial charge on any atom is 0.416 e. The summed E-state index contributed by atoms with van der Waals surface area (Å²) in [5.41, 5.74) is 2.42. The highest BCUT2D eigenvalue weighted by atomic mass is 32.1. The maximum atomic E-state index is 13.0. The molecule has 7 heteroatoms. The lowest BCUT2D eigenvalue weighted by atomic mass is 10.1. The molecule has 0 unspecified atom stereocenters. The Hall–Kier alpha value is -3.19. The zero-order valence-electron chi connectivity index (χ0n) is 15.4. The van der Waals surface area contributed by atoms with Crippen LogP contribution in [0.15, 0.2) is 83.9 Å². The fraction of sp³-hybridized carbons (Fsp3) is 0.0909. The number of para-hydroxylation sites is 1. The molecule has 0 saturated carbocycles. The Labute approximate surface area is 169 Å². The normalized spacial score (nSPS) is 12.3. The molecule has 0 saturated heterocycles. The molecule has 4 aromatic rings. The molecule has 0 aliphatic rings. The van der Waals surface area contributed by atoms with Gasteiger partial charge in [0, 0.05) is 5.56 Å². The maximum absolute atomic E-state index is 13.0. The van der Waals surface area contributed by atoms with E-state index in [1.807, 2.05) is 65.5 Å². The molecular weight excluding hydrogens is 395 g/mol. The summed E-state index contributed by atoms with van der Waals surface area (Å²) < 4.78 is 40.9. The van der Waals surface area contributed by atoms with Crippen molar-refractivity contribution in [2.24, 2.45) is 4.99 Å². The standard InChI is InChI=1S/C22H16F3N3S/c1-15-10-12-16(13-11-15)20-27-21(29-28(20)19-8-3-2-4-9-19)26-18-7-5-6-17(14-18)22(23,24)25/h2-14H,1H3. The number of benzene rings is 3. The van der Waals surface area contributed by atoms with Crippen molar-refractivity contribution < 1.29 is 13.2 Å². The predicted molar refractivity (Wildman–Crippen MR) is 108 cm³/mol. The number of aromatic nitrogens is 2. The second-order valence-corrected chi connectivity index (χ2v) is 7.38. The molecule has 0 spiro atoms. The second-order valence-electron chi connectivity index (χ2n) is 6.47. The van der Waals surface area contributed by atoms with E-state index in [2.05, 4.69) is 9.98 Å². The Kier molecular flexibility index (Phi) is 5.07. The molecule has 1 heterocycles. The molecule has 29 heavy (non-hydrogen) atoms. The molecule has 4 rings (SSSR count). The molecule has 0 aliphatic heterocycles. The summed E-state index contributed by atoms with van der Waals surface area (Å²) in [6, 6.07) is 22.5. The van der Waals surface area contributed by atoms with Gasteiger partial charge in [0.05, 0.1) is 16.9 Å². The van der Waals surface area contributed by atoms with E-state index in [1.165, 1.54) is 23.7 Å². The van der Waals surface area contributed by atoms with Crippen molar-refractivity contribution in [3.63, 3.8) is 0 Å². The van der Waals surface area contributed by atoms with Crippen LogP contribution in [0.3, 0.4) is 0 Å². The number of rotatable bonds is 3. The molecule has 0 N–H and O–H groups in total. The Bertz CT molecular complexity index is 1190. The lowest BCUT2D eigenvalue weighted by molar-refractivity contribution is -0.137. The smallest absolute Gasteiger partial charge is 0.246 e. The molecule has 146 valence electrons. The summed E-state index contributed by atoms with van der Waals surface area (Å²) in [5.74, 6) is 0.687. The number of alkyl halides is 3. The number of aryl methyl sites for hydroxylation is 1. The lowest BCUT2D eigenvalue weighted by Crippen LogP contribution is -2.04. The van der Waals surface area contributed by atoms with Crippen LogP contribution < -0.4 is 4.80 Å². The summed E-state index contributed by atoms with van der Waals surface area (Å²) in [6.07, 6.45) is -4.41. The molecular formula is C22H16F3N3S. The third-order valence-electron chi connectivity index (χ3n) is 4.27. The van der Waals surface area contributed by atoms with Gasteiger partial charge in [-0.05, 0) is 48.8 Å². The molecule has 0 amide bonds. The van der Waals surface area contributed by atoms with Crippen LogP contribution in [0.1, 0.15) is 11.1 Å². The van der Waals surface area contributed by atoms with E-state index in [9.17, 15) is 13.2 Å². The summed E-state index contributed by atoms with van der Waals surface area (Å²) >= 11 is 1.28. The summed E-state index contributed by atoms with van der Waals surface area (Å²) in [4.78, 5) is 9.34. The number of hydrogen-bond donors (Lipinski definition) is 0. The van der Waals surface area contributed by atoms with E-state index in [-0.39, 0.29) is 5.69 Å². The molecule has 0 atom stereocenters. The van der Waals surface area contributed by atoms with E-state index in [0.717, 1.165) is 28.9 Å². The molecule has 0 radical (unpaired) electrons. The van der Waals surface area contributed by atoms with Crippen LogP contribution in [0.25, 0.3) is 17.1 Å². The first-order chi connectivity index (χ1) is 13.9. The van der Waals surface area contributed by atoms with E-state index >= 15 is 0 Å². The highest BCUT2D eigenvalue weighted by Gasteiger charge is 2.30. The van der Waals surface area contributed by atoms with Gasteiger partial charge >= 0.3 is 6.18 Å². The van der Waals surface area contributed by atoms with Gasteiger partial charge in [-0.2, -0.15) is 18.2 Å². The predicted octanol–water partition coefficient (Wildman–Crippen LogP) is 6.16. The number of nitrogens with zero attached hydrogens (tertiary/aromatic N) is 3. The van der Waals surface area contributed by atoms with Gasteiger partial charge in [0.1, 0.15) is 0 Å². The fourth-order valence-electron chi connectivity index (χ4n) is 2.81. The van der Waals surface area contributed by atoms with Crippen molar-refractivity contribution in [2.75, 3.05) is 0 Å². The molecule has 0 bridgehead atoms. The highest BCUT2D eigenvalue weighted by Crippen LogP contribution is 2.31. The van der Waals surface area contributed by atoms with Crippen LogP contribution in [0.5, 0.6) is 0 Å². The molecule has 0 aliphatic carbocycles. The van der Waals surface area contributed by atoms with Gasteiger partial charge in [-0.1, -0.05) is 54.1 Å². The molecule has 1 aromatic heterocycles. The van der Waals surface area contributed by atoms with Crippen LogP contribution in [0.2, 0.25) is 0 Å².